The molecule has 23 heavy (non-hydrogen) atoms. The fraction of sp³-hybridized carbons (Fsp3) is 0.467. The van der Waals surface area contributed by atoms with Crippen LogP contribution in [0.4, 0.5) is 5.95 Å². The third-order valence-electron chi connectivity index (χ3n) is 3.69. The van der Waals surface area contributed by atoms with Gasteiger partial charge in [-0.1, -0.05) is 0 Å². The summed E-state index contributed by atoms with van der Waals surface area (Å²) in [6, 6.07) is 1.84. The maximum Gasteiger partial charge on any atom is 0.225 e. The van der Waals surface area contributed by atoms with Crippen molar-refractivity contribution in [2.45, 2.75) is 13.5 Å². The van der Waals surface area contributed by atoms with Gasteiger partial charge in [0.25, 0.3) is 0 Å². The van der Waals surface area contributed by atoms with E-state index in [4.69, 9.17) is 0 Å². The molecular formula is C15H21N7S. The second-order valence-electron chi connectivity index (χ2n) is 5.31. The molecule has 8 heteroatoms. The second kappa shape index (κ2) is 7.36. The zero-order valence-electron chi connectivity index (χ0n) is 13.4. The predicted octanol–water partition coefficient (Wildman–Crippen LogP) is 1.14. The standard InChI is InChI=1S/C15H21N7S/c1-12-11-23-13(20-12)10-19-14(16-2)21-6-8-22(9-7-21)15-17-4-3-5-18-15/h3-5,11H,6-10H2,1-2H3,(H,16,19). The summed E-state index contributed by atoms with van der Waals surface area (Å²) in [6.45, 7) is 6.30. The average molecular weight is 331 g/mol. The number of guanidine groups is 1. The molecule has 0 amide bonds. The minimum atomic E-state index is 0.715. The van der Waals surface area contributed by atoms with E-state index in [1.807, 2.05) is 20.0 Å². The zero-order valence-corrected chi connectivity index (χ0v) is 14.3. The van der Waals surface area contributed by atoms with Crippen molar-refractivity contribution in [3.63, 3.8) is 0 Å². The van der Waals surface area contributed by atoms with Crippen LogP contribution in [0.5, 0.6) is 0 Å². The van der Waals surface area contributed by atoms with Gasteiger partial charge in [0.05, 0.1) is 6.54 Å². The molecular weight excluding hydrogens is 310 g/mol. The molecule has 3 rings (SSSR count). The first kappa shape index (κ1) is 15.7. The molecule has 2 aromatic heterocycles. The van der Waals surface area contributed by atoms with Gasteiger partial charge in [0.1, 0.15) is 5.01 Å². The van der Waals surface area contributed by atoms with Gasteiger partial charge in [-0.3, -0.25) is 4.99 Å². The molecule has 0 aromatic carbocycles. The van der Waals surface area contributed by atoms with Gasteiger partial charge in [-0.05, 0) is 13.0 Å². The topological polar surface area (TPSA) is 69.5 Å². The van der Waals surface area contributed by atoms with E-state index < -0.39 is 0 Å². The Bertz CT molecular complexity index is 647. The second-order valence-corrected chi connectivity index (χ2v) is 6.25. The van der Waals surface area contributed by atoms with Crippen molar-refractivity contribution < 1.29 is 0 Å². The molecule has 0 unspecified atom stereocenters. The van der Waals surface area contributed by atoms with Gasteiger partial charge in [-0.15, -0.1) is 11.3 Å². The van der Waals surface area contributed by atoms with E-state index in [1.54, 1.807) is 23.7 Å². The number of hydrogen-bond donors (Lipinski definition) is 1. The molecule has 1 aliphatic heterocycles. The van der Waals surface area contributed by atoms with E-state index in [2.05, 4.69) is 40.4 Å². The van der Waals surface area contributed by atoms with E-state index in [0.29, 0.717) is 6.54 Å². The van der Waals surface area contributed by atoms with Crippen LogP contribution < -0.4 is 10.2 Å². The minimum absolute atomic E-state index is 0.715. The first-order valence-electron chi connectivity index (χ1n) is 7.65. The molecule has 3 heterocycles. The Hall–Kier alpha value is -2.22. The Morgan fingerprint density at radius 1 is 1.26 bits per heavy atom. The highest BCUT2D eigenvalue weighted by atomic mass is 32.1. The summed E-state index contributed by atoms with van der Waals surface area (Å²) in [5.41, 5.74) is 1.07. The number of aliphatic imine (C=N–C) groups is 1. The van der Waals surface area contributed by atoms with Gasteiger partial charge in [-0.2, -0.15) is 0 Å². The van der Waals surface area contributed by atoms with Crippen LogP contribution in [-0.2, 0) is 6.54 Å². The molecule has 2 aromatic rings. The van der Waals surface area contributed by atoms with Crippen molar-refractivity contribution in [3.8, 4) is 0 Å². The van der Waals surface area contributed by atoms with Crippen molar-refractivity contribution in [3.05, 3.63) is 34.5 Å². The number of thiazole rings is 1. The molecule has 0 atom stereocenters. The lowest BCUT2D eigenvalue weighted by Crippen LogP contribution is -2.52. The van der Waals surface area contributed by atoms with E-state index in [9.17, 15) is 0 Å². The average Bonchev–Trinajstić information content (AvgIpc) is 3.02. The summed E-state index contributed by atoms with van der Waals surface area (Å²) >= 11 is 1.67. The lowest BCUT2D eigenvalue weighted by Gasteiger charge is -2.36. The molecule has 1 aliphatic rings. The SMILES string of the molecule is CN=C(NCc1nc(C)cs1)N1CCN(c2ncccn2)CC1. The van der Waals surface area contributed by atoms with Gasteiger partial charge in [-0.25, -0.2) is 15.0 Å². The fourth-order valence-electron chi connectivity index (χ4n) is 2.54. The first-order valence-corrected chi connectivity index (χ1v) is 8.53. The highest BCUT2D eigenvalue weighted by Crippen LogP contribution is 2.11. The zero-order chi connectivity index (χ0) is 16.1. The van der Waals surface area contributed by atoms with Gasteiger partial charge >= 0.3 is 0 Å². The summed E-state index contributed by atoms with van der Waals surface area (Å²) in [5, 5.41) is 6.55. The number of aromatic nitrogens is 3. The van der Waals surface area contributed by atoms with Crippen LogP contribution in [0.15, 0.2) is 28.8 Å². The molecule has 122 valence electrons. The number of nitrogens with one attached hydrogen (secondary N) is 1. The summed E-state index contributed by atoms with van der Waals surface area (Å²) in [5.74, 6) is 1.72. The monoisotopic (exact) mass is 331 g/mol. The smallest absolute Gasteiger partial charge is 0.225 e. The molecule has 0 aliphatic carbocycles. The molecule has 1 saturated heterocycles. The normalized spacial score (nSPS) is 15.8. The molecule has 0 bridgehead atoms. The van der Waals surface area contributed by atoms with E-state index >= 15 is 0 Å². The van der Waals surface area contributed by atoms with Crippen molar-refractivity contribution in [1.29, 1.82) is 0 Å². The van der Waals surface area contributed by atoms with Crippen molar-refractivity contribution >= 4 is 23.2 Å². The number of nitrogens with zero attached hydrogens (tertiary/aromatic N) is 6. The van der Waals surface area contributed by atoms with Crippen LogP contribution in [-0.4, -0.2) is 59.0 Å². The molecule has 0 spiro atoms. The summed E-state index contributed by atoms with van der Waals surface area (Å²) in [6.07, 6.45) is 3.57. The van der Waals surface area contributed by atoms with Crippen LogP contribution in [0.2, 0.25) is 0 Å². The summed E-state index contributed by atoms with van der Waals surface area (Å²) in [4.78, 5) is 22.0. The van der Waals surface area contributed by atoms with Gasteiger partial charge < -0.3 is 15.1 Å². The molecule has 0 radical (unpaired) electrons. The lowest BCUT2D eigenvalue weighted by molar-refractivity contribution is 0.370. The number of rotatable bonds is 3. The number of aryl methyl sites for hydroxylation is 1. The van der Waals surface area contributed by atoms with E-state index in [-0.39, 0.29) is 0 Å². The molecule has 1 N–H and O–H groups in total. The first-order chi connectivity index (χ1) is 11.3. The minimum Gasteiger partial charge on any atom is -0.350 e. The van der Waals surface area contributed by atoms with Crippen LogP contribution in [0.1, 0.15) is 10.7 Å². The largest absolute Gasteiger partial charge is 0.350 e. The Morgan fingerprint density at radius 2 is 2.00 bits per heavy atom. The molecule has 1 fully saturated rings. The summed E-state index contributed by atoms with van der Waals surface area (Å²) in [7, 11) is 1.82. The maximum atomic E-state index is 4.47. The highest BCUT2D eigenvalue weighted by molar-refractivity contribution is 7.09. The highest BCUT2D eigenvalue weighted by Gasteiger charge is 2.21. The van der Waals surface area contributed by atoms with Gasteiger partial charge in [0.15, 0.2) is 5.96 Å². The number of hydrogen-bond acceptors (Lipinski definition) is 6. The number of piperazine rings is 1. The van der Waals surface area contributed by atoms with Crippen LogP contribution in [0.25, 0.3) is 0 Å². The Labute approximate surface area is 140 Å². The quantitative estimate of drug-likeness (QED) is 0.672. The molecule has 0 saturated carbocycles. The van der Waals surface area contributed by atoms with E-state index in [1.165, 1.54) is 0 Å². The molecule has 7 nitrogen and oxygen atoms in total. The van der Waals surface area contributed by atoms with Gasteiger partial charge in [0, 0.05) is 56.7 Å². The van der Waals surface area contributed by atoms with Crippen molar-refractivity contribution in [1.82, 2.24) is 25.2 Å². The van der Waals surface area contributed by atoms with Crippen LogP contribution in [0, 0.1) is 6.92 Å². The van der Waals surface area contributed by atoms with E-state index in [0.717, 1.165) is 48.8 Å². The van der Waals surface area contributed by atoms with Crippen molar-refractivity contribution in [2.24, 2.45) is 4.99 Å². The van der Waals surface area contributed by atoms with Crippen LogP contribution in [0.3, 0.4) is 0 Å². The Kier molecular flexibility index (Phi) is 5.02. The maximum absolute atomic E-state index is 4.47. The van der Waals surface area contributed by atoms with Gasteiger partial charge in [0.2, 0.25) is 5.95 Å². The Balaban J connectivity index is 1.53. The lowest BCUT2D eigenvalue weighted by atomic mass is 10.3. The third-order valence-corrected chi connectivity index (χ3v) is 4.66. The van der Waals surface area contributed by atoms with Crippen LogP contribution >= 0.6 is 11.3 Å². The summed E-state index contributed by atoms with van der Waals surface area (Å²) < 4.78 is 0. The third kappa shape index (κ3) is 3.95. The number of anilines is 1. The fourth-order valence-corrected chi connectivity index (χ4v) is 3.26. The van der Waals surface area contributed by atoms with Crippen molar-refractivity contribution in [2.75, 3.05) is 38.1 Å². The predicted molar refractivity (Wildman–Crippen MR) is 92.9 cm³/mol. The Morgan fingerprint density at radius 3 is 2.61 bits per heavy atom.